The highest BCUT2D eigenvalue weighted by Gasteiger charge is 1.97. The normalized spacial score (nSPS) is 10.7. The van der Waals surface area contributed by atoms with Crippen LogP contribution in [-0.4, -0.2) is 12.5 Å². The zero-order valence-corrected chi connectivity index (χ0v) is 13.4. The first-order valence-electron chi connectivity index (χ1n) is 7.42. The van der Waals surface area contributed by atoms with Gasteiger partial charge in [0.15, 0.2) is 0 Å². The Kier molecular flexibility index (Phi) is 7.36. The monoisotopic (exact) mass is 301 g/mol. The van der Waals surface area contributed by atoms with Crippen LogP contribution in [0.15, 0.2) is 59.5 Å². The molecule has 2 nitrogen and oxygen atoms in total. The molecule has 0 heterocycles. The summed E-state index contributed by atoms with van der Waals surface area (Å²) in [5.41, 5.74) is 2.55. The van der Waals surface area contributed by atoms with Gasteiger partial charge >= 0.3 is 0 Å². The molecule has 2 aromatic rings. The summed E-state index contributed by atoms with van der Waals surface area (Å²) in [6, 6.07) is 19.0. The topological polar surface area (TPSA) is 21.3 Å². The van der Waals surface area contributed by atoms with Gasteiger partial charge in [-0.2, -0.15) is 0 Å². The highest BCUT2D eigenvalue weighted by atomic mass is 32.2. The predicted molar refractivity (Wildman–Crippen MR) is 90.4 cm³/mol. The summed E-state index contributed by atoms with van der Waals surface area (Å²) in [5.74, 6) is 0.683. The molecule has 0 radical (unpaired) electrons. The molecule has 0 fully saturated rings. The molecule has 0 aromatic heterocycles. The lowest BCUT2D eigenvalue weighted by atomic mass is 10.2. The van der Waals surface area contributed by atoms with Crippen LogP contribution >= 0.6 is 11.8 Å². The molecule has 0 atom stereocenters. The van der Waals surface area contributed by atoms with Gasteiger partial charge in [0.1, 0.15) is 0 Å². The van der Waals surface area contributed by atoms with E-state index < -0.39 is 0 Å². The Morgan fingerprint density at radius 1 is 0.952 bits per heavy atom. The number of nitrogens with one attached hydrogen (secondary N) is 1. The van der Waals surface area contributed by atoms with Crippen LogP contribution in [0.4, 0.5) is 0 Å². The van der Waals surface area contributed by atoms with Gasteiger partial charge in [-0.1, -0.05) is 61.2 Å². The molecule has 112 valence electrons. The van der Waals surface area contributed by atoms with Crippen molar-refractivity contribution in [2.24, 2.45) is 0 Å². The first kappa shape index (κ1) is 16.1. The smallest absolute Gasteiger partial charge is 0.0971 e. The SMILES string of the molecule is CCCNCc1ccc(SCOCc2ccccc2)cc1. The maximum Gasteiger partial charge on any atom is 0.0971 e. The van der Waals surface area contributed by atoms with E-state index in [4.69, 9.17) is 4.74 Å². The highest BCUT2D eigenvalue weighted by Crippen LogP contribution is 2.19. The molecular weight excluding hydrogens is 278 g/mol. The van der Waals surface area contributed by atoms with Crippen molar-refractivity contribution in [3.63, 3.8) is 0 Å². The van der Waals surface area contributed by atoms with Gasteiger partial charge in [-0.05, 0) is 36.2 Å². The van der Waals surface area contributed by atoms with Crippen molar-refractivity contribution in [1.82, 2.24) is 5.32 Å². The summed E-state index contributed by atoms with van der Waals surface area (Å²) < 4.78 is 5.68. The van der Waals surface area contributed by atoms with Gasteiger partial charge in [0.25, 0.3) is 0 Å². The molecule has 0 bridgehead atoms. The van der Waals surface area contributed by atoms with E-state index in [0.29, 0.717) is 12.5 Å². The van der Waals surface area contributed by atoms with Gasteiger partial charge in [-0.3, -0.25) is 0 Å². The Hall–Kier alpha value is -1.29. The molecule has 21 heavy (non-hydrogen) atoms. The first-order valence-corrected chi connectivity index (χ1v) is 8.41. The van der Waals surface area contributed by atoms with Crippen molar-refractivity contribution in [3.05, 3.63) is 65.7 Å². The van der Waals surface area contributed by atoms with E-state index in [-0.39, 0.29) is 0 Å². The third-order valence-electron chi connectivity index (χ3n) is 3.10. The predicted octanol–water partition coefficient (Wildman–Crippen LogP) is 4.45. The number of benzene rings is 2. The summed E-state index contributed by atoms with van der Waals surface area (Å²) in [7, 11) is 0. The van der Waals surface area contributed by atoms with E-state index in [1.165, 1.54) is 22.4 Å². The maximum atomic E-state index is 5.68. The fourth-order valence-electron chi connectivity index (χ4n) is 1.96. The number of hydrogen-bond acceptors (Lipinski definition) is 3. The lowest BCUT2D eigenvalue weighted by Gasteiger charge is -2.06. The summed E-state index contributed by atoms with van der Waals surface area (Å²) in [6.07, 6.45) is 1.17. The van der Waals surface area contributed by atoms with Crippen molar-refractivity contribution in [2.75, 3.05) is 12.5 Å². The maximum absolute atomic E-state index is 5.68. The molecule has 0 saturated carbocycles. The van der Waals surface area contributed by atoms with Crippen LogP contribution in [-0.2, 0) is 17.9 Å². The minimum Gasteiger partial charge on any atom is -0.366 e. The largest absolute Gasteiger partial charge is 0.366 e. The summed E-state index contributed by atoms with van der Waals surface area (Å²) in [6.45, 7) is 4.88. The third-order valence-corrected chi connectivity index (χ3v) is 3.99. The highest BCUT2D eigenvalue weighted by molar-refractivity contribution is 7.99. The minimum absolute atomic E-state index is 0.673. The van der Waals surface area contributed by atoms with Gasteiger partial charge < -0.3 is 10.1 Å². The molecule has 2 aromatic carbocycles. The third kappa shape index (κ3) is 6.34. The van der Waals surface area contributed by atoms with Gasteiger partial charge in [0.05, 0.1) is 12.5 Å². The fraction of sp³-hybridized carbons (Fsp3) is 0.333. The lowest BCUT2D eigenvalue weighted by Crippen LogP contribution is -2.13. The standard InChI is InChI=1S/C18H23NOS/c1-2-12-19-13-16-8-10-18(11-9-16)21-15-20-14-17-6-4-3-5-7-17/h3-11,19H,2,12-15H2,1H3. The van der Waals surface area contributed by atoms with E-state index in [1.54, 1.807) is 11.8 Å². The zero-order chi connectivity index (χ0) is 14.8. The molecule has 2 rings (SSSR count). The van der Waals surface area contributed by atoms with Crippen molar-refractivity contribution >= 4 is 11.8 Å². The van der Waals surface area contributed by atoms with Gasteiger partial charge in [0, 0.05) is 11.4 Å². The van der Waals surface area contributed by atoms with Gasteiger partial charge in [0.2, 0.25) is 0 Å². The second kappa shape index (κ2) is 9.61. The lowest BCUT2D eigenvalue weighted by molar-refractivity contribution is 0.169. The molecule has 0 amide bonds. The molecule has 0 unspecified atom stereocenters. The van der Waals surface area contributed by atoms with Crippen LogP contribution in [0.2, 0.25) is 0 Å². The van der Waals surface area contributed by atoms with E-state index in [0.717, 1.165) is 13.1 Å². The molecule has 3 heteroatoms. The van der Waals surface area contributed by atoms with Crippen LogP contribution in [0.1, 0.15) is 24.5 Å². The Bertz CT molecular complexity index is 498. The van der Waals surface area contributed by atoms with Crippen LogP contribution < -0.4 is 5.32 Å². The van der Waals surface area contributed by atoms with E-state index in [9.17, 15) is 0 Å². The Morgan fingerprint density at radius 3 is 2.43 bits per heavy atom. The van der Waals surface area contributed by atoms with Crippen LogP contribution in [0.3, 0.4) is 0 Å². The molecule has 0 saturated heterocycles. The Morgan fingerprint density at radius 2 is 1.71 bits per heavy atom. The van der Waals surface area contributed by atoms with Crippen LogP contribution in [0, 0.1) is 0 Å². The molecule has 0 aliphatic rings. The van der Waals surface area contributed by atoms with Crippen molar-refractivity contribution in [2.45, 2.75) is 31.4 Å². The molecular formula is C18H23NOS. The van der Waals surface area contributed by atoms with Crippen LogP contribution in [0.25, 0.3) is 0 Å². The van der Waals surface area contributed by atoms with Gasteiger partial charge in [-0.15, -0.1) is 0 Å². The fourth-order valence-corrected chi connectivity index (χ4v) is 2.59. The average Bonchev–Trinajstić information content (AvgIpc) is 2.54. The molecule has 0 aliphatic heterocycles. The average molecular weight is 301 g/mol. The Labute approximate surface area is 131 Å². The number of rotatable bonds is 9. The van der Waals surface area contributed by atoms with E-state index >= 15 is 0 Å². The second-order valence-electron chi connectivity index (χ2n) is 4.92. The van der Waals surface area contributed by atoms with E-state index in [2.05, 4.69) is 48.6 Å². The second-order valence-corrected chi connectivity index (χ2v) is 5.91. The zero-order valence-electron chi connectivity index (χ0n) is 12.5. The summed E-state index contributed by atoms with van der Waals surface area (Å²) in [4.78, 5) is 1.25. The molecule has 1 N–H and O–H groups in total. The first-order chi connectivity index (χ1) is 10.4. The van der Waals surface area contributed by atoms with Crippen molar-refractivity contribution in [3.8, 4) is 0 Å². The molecule has 0 spiro atoms. The molecule has 0 aliphatic carbocycles. The minimum atomic E-state index is 0.673. The summed E-state index contributed by atoms with van der Waals surface area (Å²) >= 11 is 1.73. The van der Waals surface area contributed by atoms with Crippen LogP contribution in [0.5, 0.6) is 0 Å². The number of ether oxygens (including phenoxy) is 1. The van der Waals surface area contributed by atoms with Crippen molar-refractivity contribution < 1.29 is 4.74 Å². The number of hydrogen-bond donors (Lipinski definition) is 1. The van der Waals surface area contributed by atoms with E-state index in [1.807, 2.05) is 18.2 Å². The quantitative estimate of drug-likeness (QED) is 0.420. The van der Waals surface area contributed by atoms with Gasteiger partial charge in [-0.25, -0.2) is 0 Å². The number of thioether (sulfide) groups is 1. The summed E-state index contributed by atoms with van der Waals surface area (Å²) in [5, 5.41) is 3.41. The Balaban J connectivity index is 1.66. The van der Waals surface area contributed by atoms with Crippen molar-refractivity contribution in [1.29, 1.82) is 0 Å².